The van der Waals surface area contributed by atoms with Crippen molar-refractivity contribution in [3.63, 3.8) is 0 Å². The summed E-state index contributed by atoms with van der Waals surface area (Å²) < 4.78 is 4.92. The minimum Gasteiger partial charge on any atom is -0.466 e. The molecule has 0 saturated heterocycles. The van der Waals surface area contributed by atoms with E-state index >= 15 is 0 Å². The number of nitrogens with zero attached hydrogens (tertiary/aromatic N) is 1. The largest absolute Gasteiger partial charge is 0.466 e. The number of carbonyl (C=O) groups excluding carboxylic acids is 2. The lowest BCUT2D eigenvalue weighted by molar-refractivity contribution is -0.143. The third kappa shape index (κ3) is 5.76. The lowest BCUT2D eigenvalue weighted by atomic mass is 10.2. The molecule has 0 aliphatic rings. The average molecular weight is 306 g/mol. The Balaban J connectivity index is 2.69. The van der Waals surface area contributed by atoms with Crippen LogP contribution in [0.4, 0.5) is 10.5 Å². The van der Waals surface area contributed by atoms with E-state index in [0.29, 0.717) is 13.2 Å². The van der Waals surface area contributed by atoms with E-state index in [1.165, 1.54) is 0 Å². The summed E-state index contributed by atoms with van der Waals surface area (Å²) >= 11 is 0. The molecule has 1 aromatic carbocycles. The molecule has 0 saturated carbocycles. The molecule has 0 aromatic heterocycles. The highest BCUT2D eigenvalue weighted by molar-refractivity contribution is 5.89. The van der Waals surface area contributed by atoms with Crippen molar-refractivity contribution in [1.29, 1.82) is 0 Å². The number of carbonyl (C=O) groups is 2. The van der Waals surface area contributed by atoms with Gasteiger partial charge in [0.05, 0.1) is 13.0 Å². The van der Waals surface area contributed by atoms with Crippen LogP contribution < -0.4 is 5.32 Å². The number of hydrogen-bond acceptors (Lipinski definition) is 3. The molecule has 22 heavy (non-hydrogen) atoms. The van der Waals surface area contributed by atoms with Gasteiger partial charge in [-0.3, -0.25) is 4.79 Å². The molecule has 2 amide bonds. The number of nitrogens with one attached hydrogen (secondary N) is 1. The Morgan fingerprint density at radius 1 is 1.32 bits per heavy atom. The van der Waals surface area contributed by atoms with E-state index in [0.717, 1.165) is 17.7 Å². The second-order valence-corrected chi connectivity index (χ2v) is 5.31. The molecule has 122 valence electrons. The van der Waals surface area contributed by atoms with Gasteiger partial charge in [0.25, 0.3) is 0 Å². The third-order valence-corrected chi connectivity index (χ3v) is 3.52. The van der Waals surface area contributed by atoms with Crippen molar-refractivity contribution in [2.24, 2.45) is 0 Å². The summed E-state index contributed by atoms with van der Waals surface area (Å²) in [6.45, 7) is 8.45. The molecule has 0 radical (unpaired) electrons. The van der Waals surface area contributed by atoms with Crippen LogP contribution in [-0.2, 0) is 9.53 Å². The topological polar surface area (TPSA) is 58.6 Å². The van der Waals surface area contributed by atoms with E-state index in [-0.39, 0.29) is 24.5 Å². The lowest BCUT2D eigenvalue weighted by Gasteiger charge is -2.28. The molecule has 5 heteroatoms. The first kappa shape index (κ1) is 18.0. The van der Waals surface area contributed by atoms with Gasteiger partial charge in [0.1, 0.15) is 0 Å². The molecule has 0 heterocycles. The summed E-state index contributed by atoms with van der Waals surface area (Å²) in [7, 11) is 0. The second kappa shape index (κ2) is 9.07. The van der Waals surface area contributed by atoms with Gasteiger partial charge in [-0.2, -0.15) is 0 Å². The fraction of sp³-hybridized carbons (Fsp3) is 0.529. The van der Waals surface area contributed by atoms with E-state index in [9.17, 15) is 9.59 Å². The molecule has 0 fully saturated rings. The Bertz CT molecular complexity index is 502. The monoisotopic (exact) mass is 306 g/mol. The summed E-state index contributed by atoms with van der Waals surface area (Å²) in [5, 5.41) is 2.89. The summed E-state index contributed by atoms with van der Waals surface area (Å²) in [6.07, 6.45) is 1.03. The molecule has 1 rings (SSSR count). The minimum absolute atomic E-state index is 0.0548. The van der Waals surface area contributed by atoms with Gasteiger partial charge in [-0.15, -0.1) is 0 Å². The van der Waals surface area contributed by atoms with Crippen molar-refractivity contribution < 1.29 is 14.3 Å². The maximum Gasteiger partial charge on any atom is 0.322 e. The predicted molar refractivity (Wildman–Crippen MR) is 87.9 cm³/mol. The number of ether oxygens (including phenoxy) is 1. The average Bonchev–Trinajstić information content (AvgIpc) is 2.47. The van der Waals surface area contributed by atoms with Crippen LogP contribution in [0.1, 0.15) is 39.2 Å². The fourth-order valence-corrected chi connectivity index (χ4v) is 2.11. The maximum absolute atomic E-state index is 12.5. The van der Waals surface area contributed by atoms with Crippen LogP contribution in [0.3, 0.4) is 0 Å². The number of benzene rings is 1. The number of hydrogen-bond donors (Lipinski definition) is 1. The second-order valence-electron chi connectivity index (χ2n) is 5.31. The van der Waals surface area contributed by atoms with Crippen molar-refractivity contribution in [2.45, 2.75) is 46.6 Å². The van der Waals surface area contributed by atoms with Gasteiger partial charge in [0.15, 0.2) is 0 Å². The van der Waals surface area contributed by atoms with Crippen LogP contribution in [0.2, 0.25) is 0 Å². The van der Waals surface area contributed by atoms with Gasteiger partial charge in [-0.05, 0) is 44.9 Å². The number of anilines is 1. The molecule has 1 aromatic rings. The first-order chi connectivity index (χ1) is 10.5. The third-order valence-electron chi connectivity index (χ3n) is 3.52. The Morgan fingerprint density at radius 2 is 2.05 bits per heavy atom. The Kier molecular flexibility index (Phi) is 7.43. The lowest BCUT2D eigenvalue weighted by Crippen LogP contribution is -2.42. The Hall–Kier alpha value is -2.04. The number of rotatable bonds is 7. The van der Waals surface area contributed by atoms with E-state index < -0.39 is 0 Å². The van der Waals surface area contributed by atoms with Crippen molar-refractivity contribution in [3.8, 4) is 0 Å². The number of urea groups is 1. The zero-order valence-corrected chi connectivity index (χ0v) is 13.9. The van der Waals surface area contributed by atoms with E-state index in [1.54, 1.807) is 11.8 Å². The Morgan fingerprint density at radius 3 is 2.64 bits per heavy atom. The van der Waals surface area contributed by atoms with Gasteiger partial charge in [0, 0.05) is 18.3 Å². The highest BCUT2D eigenvalue weighted by Gasteiger charge is 2.20. The summed E-state index contributed by atoms with van der Waals surface area (Å²) in [4.78, 5) is 25.6. The molecule has 5 nitrogen and oxygen atoms in total. The van der Waals surface area contributed by atoms with Crippen LogP contribution in [0.5, 0.6) is 0 Å². The van der Waals surface area contributed by atoms with Gasteiger partial charge in [-0.1, -0.05) is 19.1 Å². The van der Waals surface area contributed by atoms with Crippen LogP contribution in [0, 0.1) is 6.92 Å². The number of amides is 2. The Labute approximate surface area is 132 Å². The van der Waals surface area contributed by atoms with Crippen LogP contribution in [0.15, 0.2) is 24.3 Å². The number of esters is 1. The van der Waals surface area contributed by atoms with Crippen LogP contribution in [0.25, 0.3) is 0 Å². The molecule has 1 atom stereocenters. The molecule has 0 aliphatic heterocycles. The molecule has 0 spiro atoms. The van der Waals surface area contributed by atoms with Gasteiger partial charge >= 0.3 is 12.0 Å². The molecule has 0 aliphatic carbocycles. The molecular formula is C17H26N2O3. The smallest absolute Gasteiger partial charge is 0.322 e. The minimum atomic E-state index is -0.279. The standard InChI is InChI=1S/C17H26N2O3/c1-5-14(4)19(11-10-16(20)22-6-2)17(21)18-15-9-7-8-13(3)12-15/h7-9,12,14H,5-6,10-11H2,1-4H3,(H,18,21). The first-order valence-electron chi connectivity index (χ1n) is 7.77. The van der Waals surface area contributed by atoms with Gasteiger partial charge < -0.3 is 15.0 Å². The number of aryl methyl sites for hydroxylation is 1. The van der Waals surface area contributed by atoms with Crippen molar-refractivity contribution in [3.05, 3.63) is 29.8 Å². The molecule has 1 N–H and O–H groups in total. The van der Waals surface area contributed by atoms with Crippen molar-refractivity contribution in [2.75, 3.05) is 18.5 Å². The fourth-order valence-electron chi connectivity index (χ4n) is 2.11. The normalized spacial score (nSPS) is 11.6. The highest BCUT2D eigenvalue weighted by Crippen LogP contribution is 2.13. The quantitative estimate of drug-likeness (QED) is 0.783. The molecular weight excluding hydrogens is 280 g/mol. The van der Waals surface area contributed by atoms with E-state index in [4.69, 9.17) is 4.74 Å². The van der Waals surface area contributed by atoms with Crippen molar-refractivity contribution >= 4 is 17.7 Å². The van der Waals surface area contributed by atoms with Gasteiger partial charge in [-0.25, -0.2) is 4.79 Å². The highest BCUT2D eigenvalue weighted by atomic mass is 16.5. The van der Waals surface area contributed by atoms with Crippen molar-refractivity contribution in [1.82, 2.24) is 4.90 Å². The first-order valence-corrected chi connectivity index (χ1v) is 7.77. The van der Waals surface area contributed by atoms with Crippen LogP contribution in [-0.4, -0.2) is 36.1 Å². The van der Waals surface area contributed by atoms with Gasteiger partial charge in [0.2, 0.25) is 0 Å². The van der Waals surface area contributed by atoms with Crippen LogP contribution >= 0.6 is 0 Å². The summed E-state index contributed by atoms with van der Waals surface area (Å²) in [5.41, 5.74) is 1.84. The van der Waals surface area contributed by atoms with E-state index in [1.807, 2.05) is 45.0 Å². The zero-order chi connectivity index (χ0) is 16.5. The predicted octanol–water partition coefficient (Wildman–Crippen LogP) is 3.58. The van der Waals surface area contributed by atoms with E-state index in [2.05, 4.69) is 5.32 Å². The zero-order valence-electron chi connectivity index (χ0n) is 13.9. The summed E-state index contributed by atoms with van der Waals surface area (Å²) in [5.74, 6) is -0.279. The molecule has 1 unspecified atom stereocenters. The maximum atomic E-state index is 12.5. The SMILES string of the molecule is CCOC(=O)CCN(C(=O)Nc1cccc(C)c1)C(C)CC. The summed E-state index contributed by atoms with van der Waals surface area (Å²) in [6, 6.07) is 7.51. The molecule has 0 bridgehead atoms.